The third kappa shape index (κ3) is 8.23. The van der Waals surface area contributed by atoms with Crippen LogP contribution in [0.15, 0.2) is 48.5 Å². The Bertz CT molecular complexity index is 1020. The van der Waals surface area contributed by atoms with Gasteiger partial charge in [0.2, 0.25) is 11.8 Å². The number of aryl methyl sites for hydroxylation is 1. The van der Waals surface area contributed by atoms with E-state index >= 15 is 0 Å². The van der Waals surface area contributed by atoms with Crippen molar-refractivity contribution in [3.05, 3.63) is 59.7 Å². The molecule has 2 aromatic rings. The molecule has 4 amide bonds. The maximum Gasteiger partial charge on any atom is 0.323 e. The Kier molecular flexibility index (Phi) is 9.61. The average Bonchev–Trinajstić information content (AvgIpc) is 2.74. The summed E-state index contributed by atoms with van der Waals surface area (Å²) < 4.78 is 0. The van der Waals surface area contributed by atoms with Crippen LogP contribution in [0.25, 0.3) is 0 Å². The molecular weight excluding hydrogens is 436 g/mol. The van der Waals surface area contributed by atoms with Crippen LogP contribution in [0.4, 0.5) is 16.2 Å². The first kappa shape index (κ1) is 26.4. The highest BCUT2D eigenvalue weighted by Gasteiger charge is 2.24. The van der Waals surface area contributed by atoms with Crippen molar-refractivity contribution in [1.29, 1.82) is 0 Å². The highest BCUT2D eigenvalue weighted by molar-refractivity contribution is 6.00. The minimum atomic E-state index is -0.986. The summed E-state index contributed by atoms with van der Waals surface area (Å²) in [5.74, 6) is -1.65. The Hall–Kier alpha value is -3.88. The van der Waals surface area contributed by atoms with E-state index in [0.717, 1.165) is 16.8 Å². The number of benzene rings is 2. The first-order chi connectivity index (χ1) is 16.1. The van der Waals surface area contributed by atoms with Gasteiger partial charge in [0.15, 0.2) is 0 Å². The molecule has 0 unspecified atom stereocenters. The second-order valence-corrected chi connectivity index (χ2v) is 8.39. The Balaban J connectivity index is 1.85. The second-order valence-electron chi connectivity index (χ2n) is 8.39. The van der Waals surface area contributed by atoms with E-state index in [9.17, 15) is 19.2 Å². The van der Waals surface area contributed by atoms with Gasteiger partial charge in [-0.05, 0) is 57.0 Å². The van der Waals surface area contributed by atoms with E-state index < -0.39 is 12.0 Å². The lowest BCUT2D eigenvalue weighted by molar-refractivity contribution is -0.142. The number of hydrogen-bond acceptors (Lipinski definition) is 4. The van der Waals surface area contributed by atoms with E-state index in [0.29, 0.717) is 5.69 Å². The maximum atomic E-state index is 12.5. The van der Waals surface area contributed by atoms with Crippen LogP contribution in [0.3, 0.4) is 0 Å². The molecule has 0 heterocycles. The highest BCUT2D eigenvalue weighted by Crippen LogP contribution is 2.15. The fourth-order valence-corrected chi connectivity index (χ4v) is 3.61. The molecule has 1 atom stereocenters. The molecule has 0 aromatic heterocycles. The molecular formula is C25H32N4O5. The largest absolute Gasteiger partial charge is 0.481 e. The number of rotatable bonds is 10. The van der Waals surface area contributed by atoms with E-state index in [4.69, 9.17) is 5.11 Å². The zero-order chi connectivity index (χ0) is 25.3. The van der Waals surface area contributed by atoms with E-state index in [1.807, 2.05) is 31.2 Å². The van der Waals surface area contributed by atoms with E-state index in [-0.39, 0.29) is 43.3 Å². The van der Waals surface area contributed by atoms with Gasteiger partial charge in [-0.15, -0.1) is 0 Å². The number of nitrogens with one attached hydrogen (secondary N) is 3. The summed E-state index contributed by atoms with van der Waals surface area (Å²) in [4.78, 5) is 49.5. The number of carboxylic acid groups (broad SMARTS) is 1. The number of hydrogen-bond donors (Lipinski definition) is 4. The summed E-state index contributed by atoms with van der Waals surface area (Å²) in [5.41, 5.74) is 2.96. The van der Waals surface area contributed by atoms with Crippen molar-refractivity contribution in [2.24, 2.45) is 0 Å². The normalized spacial score (nSPS) is 11.4. The monoisotopic (exact) mass is 468 g/mol. The molecule has 0 bridgehead atoms. The fourth-order valence-electron chi connectivity index (χ4n) is 3.61. The Labute approximate surface area is 199 Å². The summed E-state index contributed by atoms with van der Waals surface area (Å²) in [5, 5.41) is 17.1. The summed E-state index contributed by atoms with van der Waals surface area (Å²) in [6.45, 7) is 6.97. The molecule has 2 rings (SSSR count). The van der Waals surface area contributed by atoms with Crippen molar-refractivity contribution in [1.82, 2.24) is 10.2 Å². The smallest absolute Gasteiger partial charge is 0.323 e. The molecule has 9 heteroatoms. The lowest BCUT2D eigenvalue weighted by Crippen LogP contribution is -2.48. The lowest BCUT2D eigenvalue weighted by Gasteiger charge is -2.32. The maximum absolute atomic E-state index is 12.5. The molecule has 9 nitrogen and oxygen atoms in total. The van der Waals surface area contributed by atoms with Crippen LogP contribution in [-0.4, -0.2) is 52.4 Å². The quantitative estimate of drug-likeness (QED) is 0.425. The molecule has 2 aromatic carbocycles. The van der Waals surface area contributed by atoms with Gasteiger partial charge in [-0.2, -0.15) is 0 Å². The topological polar surface area (TPSA) is 128 Å². The molecule has 0 radical (unpaired) electrons. The molecule has 4 N–H and O–H groups in total. The molecule has 0 spiro atoms. The third-order valence-corrected chi connectivity index (χ3v) is 5.20. The minimum Gasteiger partial charge on any atom is -0.481 e. The van der Waals surface area contributed by atoms with Crippen molar-refractivity contribution in [2.75, 3.05) is 17.2 Å². The Morgan fingerprint density at radius 2 is 1.59 bits per heavy atom. The summed E-state index contributed by atoms with van der Waals surface area (Å²) in [7, 11) is 0. The van der Waals surface area contributed by atoms with Gasteiger partial charge in [-0.25, -0.2) is 4.79 Å². The van der Waals surface area contributed by atoms with Crippen LogP contribution in [-0.2, 0) is 20.8 Å². The number of aliphatic carboxylic acids is 1. The molecule has 0 saturated heterocycles. The number of nitrogens with zero attached hydrogens (tertiary/aromatic N) is 1. The van der Waals surface area contributed by atoms with Crippen molar-refractivity contribution < 1.29 is 24.3 Å². The van der Waals surface area contributed by atoms with Gasteiger partial charge < -0.3 is 26.0 Å². The zero-order valence-corrected chi connectivity index (χ0v) is 19.9. The van der Waals surface area contributed by atoms with Gasteiger partial charge in [0.05, 0.1) is 19.4 Å². The SMILES string of the molecule is Cc1ccccc1NC(=O)Nc1ccc(CC(=O)NCC(=O)N(C(C)C)[C@H](C)CC(=O)O)cc1. The number of carbonyl (C=O) groups is 4. The van der Waals surface area contributed by atoms with E-state index in [2.05, 4.69) is 16.0 Å². The Morgan fingerprint density at radius 3 is 2.18 bits per heavy atom. The molecule has 0 fully saturated rings. The predicted molar refractivity (Wildman–Crippen MR) is 131 cm³/mol. The lowest BCUT2D eigenvalue weighted by atomic mass is 10.1. The number of amides is 4. The standard InChI is InChI=1S/C25H32N4O5/c1-16(2)29(18(4)13-24(32)33)23(31)15-26-22(30)14-19-9-11-20(12-10-19)27-25(34)28-21-8-6-5-7-17(21)3/h5-12,16,18H,13-15H2,1-4H3,(H,26,30)(H,32,33)(H2,27,28,34)/t18-/m1/s1. The van der Waals surface area contributed by atoms with Crippen LogP contribution in [0.2, 0.25) is 0 Å². The van der Waals surface area contributed by atoms with E-state index in [1.54, 1.807) is 45.0 Å². The third-order valence-electron chi connectivity index (χ3n) is 5.20. The van der Waals surface area contributed by atoms with Gasteiger partial charge in [-0.3, -0.25) is 14.4 Å². The van der Waals surface area contributed by atoms with Gasteiger partial charge in [-0.1, -0.05) is 30.3 Å². The van der Waals surface area contributed by atoms with Gasteiger partial charge in [0, 0.05) is 23.5 Å². The fraction of sp³-hybridized carbons (Fsp3) is 0.360. The second kappa shape index (κ2) is 12.4. The number of carboxylic acids is 1. The van der Waals surface area contributed by atoms with Crippen LogP contribution in [0.1, 0.15) is 38.3 Å². The van der Waals surface area contributed by atoms with Crippen molar-refractivity contribution in [2.45, 2.75) is 52.6 Å². The first-order valence-electron chi connectivity index (χ1n) is 11.1. The van der Waals surface area contributed by atoms with Crippen LogP contribution >= 0.6 is 0 Å². The average molecular weight is 469 g/mol. The van der Waals surface area contributed by atoms with Crippen LogP contribution < -0.4 is 16.0 Å². The summed E-state index contributed by atoms with van der Waals surface area (Å²) >= 11 is 0. The van der Waals surface area contributed by atoms with Crippen LogP contribution in [0.5, 0.6) is 0 Å². The number of carbonyl (C=O) groups excluding carboxylic acids is 3. The van der Waals surface area contributed by atoms with Crippen molar-refractivity contribution in [3.8, 4) is 0 Å². The van der Waals surface area contributed by atoms with Gasteiger partial charge in [0.1, 0.15) is 0 Å². The molecule has 0 aliphatic rings. The minimum absolute atomic E-state index is 0.0648. The Morgan fingerprint density at radius 1 is 0.941 bits per heavy atom. The predicted octanol–water partition coefficient (Wildman–Crippen LogP) is 3.40. The number of para-hydroxylation sites is 1. The molecule has 0 saturated carbocycles. The number of urea groups is 1. The zero-order valence-electron chi connectivity index (χ0n) is 19.9. The highest BCUT2D eigenvalue weighted by atomic mass is 16.4. The van der Waals surface area contributed by atoms with E-state index in [1.165, 1.54) is 4.90 Å². The van der Waals surface area contributed by atoms with Gasteiger partial charge in [0.25, 0.3) is 0 Å². The summed E-state index contributed by atoms with van der Waals surface area (Å²) in [6.07, 6.45) is -0.101. The number of anilines is 2. The summed E-state index contributed by atoms with van der Waals surface area (Å²) in [6, 6.07) is 13.2. The van der Waals surface area contributed by atoms with Crippen molar-refractivity contribution in [3.63, 3.8) is 0 Å². The molecule has 34 heavy (non-hydrogen) atoms. The first-order valence-corrected chi connectivity index (χ1v) is 11.1. The molecule has 182 valence electrons. The van der Waals surface area contributed by atoms with Crippen molar-refractivity contribution >= 4 is 35.2 Å². The molecule has 0 aliphatic carbocycles. The van der Waals surface area contributed by atoms with Gasteiger partial charge >= 0.3 is 12.0 Å². The van der Waals surface area contributed by atoms with Crippen LogP contribution in [0, 0.1) is 6.92 Å². The molecule has 0 aliphatic heterocycles.